The molecule has 0 unspecified atom stereocenters. The van der Waals surface area contributed by atoms with Crippen LogP contribution in [0.3, 0.4) is 0 Å². The Balaban J connectivity index is 4.45. The average molecular weight is 331 g/mol. The average Bonchev–Trinajstić information content (AvgIpc) is 2.54. The Hall–Kier alpha value is -1.48. The molecule has 0 rings (SSSR count). The molecule has 0 aliphatic heterocycles. The summed E-state index contributed by atoms with van der Waals surface area (Å²) >= 11 is 0. The Morgan fingerprint density at radius 3 is 1.96 bits per heavy atom. The molecule has 0 heterocycles. The van der Waals surface area contributed by atoms with Gasteiger partial charge in [0.25, 0.3) is 0 Å². The van der Waals surface area contributed by atoms with Crippen LogP contribution < -0.4 is 17.2 Å². The minimum absolute atomic E-state index is 0.211. The molecule has 0 aliphatic rings. The van der Waals surface area contributed by atoms with Crippen molar-refractivity contribution in [2.75, 3.05) is 46.1 Å². The topological polar surface area (TPSA) is 140 Å². The highest BCUT2D eigenvalue weighted by Crippen LogP contribution is 2.07. The van der Waals surface area contributed by atoms with Crippen molar-refractivity contribution >= 4 is 11.9 Å². The molecular weight excluding hydrogens is 302 g/mol. The highest BCUT2D eigenvalue weighted by molar-refractivity contribution is 5.96. The van der Waals surface area contributed by atoms with E-state index in [0.717, 1.165) is 12.5 Å². The van der Waals surface area contributed by atoms with Crippen LogP contribution in [0.2, 0.25) is 0 Å². The minimum Gasteiger partial charge on any atom is -0.462 e. The summed E-state index contributed by atoms with van der Waals surface area (Å²) in [6.45, 7) is 2.63. The zero-order valence-electron chi connectivity index (χ0n) is 13.6. The maximum Gasteiger partial charge on any atom is 0.334 e. The van der Waals surface area contributed by atoms with E-state index < -0.39 is 11.9 Å². The lowest BCUT2D eigenvalue weighted by molar-refractivity contribution is -0.141. The standard InChI is InChI=1S/C15H29N3O5/c16-5-1-8-21-11-4-13(15(20)23-10-3-7-18)12-14(19)22-9-2-6-17/h12H,1-11,16-18H2/b13-12+. The molecule has 6 N–H and O–H groups in total. The van der Waals surface area contributed by atoms with Crippen molar-refractivity contribution in [3.8, 4) is 0 Å². The normalized spacial score (nSPS) is 11.3. The van der Waals surface area contributed by atoms with Gasteiger partial charge in [0.2, 0.25) is 0 Å². The molecular formula is C15H29N3O5. The Kier molecular flexibility index (Phi) is 14.4. The molecule has 134 valence electrons. The van der Waals surface area contributed by atoms with E-state index in [1.165, 1.54) is 0 Å². The maximum atomic E-state index is 12.0. The highest BCUT2D eigenvalue weighted by atomic mass is 16.5. The van der Waals surface area contributed by atoms with Crippen LogP contribution >= 0.6 is 0 Å². The van der Waals surface area contributed by atoms with E-state index in [4.69, 9.17) is 31.4 Å². The predicted molar refractivity (Wildman–Crippen MR) is 86.5 cm³/mol. The monoisotopic (exact) mass is 331 g/mol. The smallest absolute Gasteiger partial charge is 0.334 e. The third-order valence-electron chi connectivity index (χ3n) is 2.74. The molecule has 0 amide bonds. The van der Waals surface area contributed by atoms with Crippen LogP contribution in [0.1, 0.15) is 25.7 Å². The first-order valence-electron chi connectivity index (χ1n) is 7.88. The van der Waals surface area contributed by atoms with Crippen molar-refractivity contribution < 1.29 is 23.8 Å². The molecule has 23 heavy (non-hydrogen) atoms. The van der Waals surface area contributed by atoms with E-state index in [1.807, 2.05) is 0 Å². The number of esters is 2. The van der Waals surface area contributed by atoms with E-state index in [0.29, 0.717) is 45.7 Å². The fourth-order valence-corrected chi connectivity index (χ4v) is 1.48. The van der Waals surface area contributed by atoms with Crippen molar-refractivity contribution in [2.24, 2.45) is 17.2 Å². The summed E-state index contributed by atoms with van der Waals surface area (Å²) in [4.78, 5) is 23.6. The summed E-state index contributed by atoms with van der Waals surface area (Å²) in [6, 6.07) is 0. The maximum absolute atomic E-state index is 12.0. The molecule has 0 aromatic heterocycles. The molecule has 0 aromatic rings. The number of nitrogens with two attached hydrogens (primary N) is 3. The molecule has 0 atom stereocenters. The van der Waals surface area contributed by atoms with Crippen LogP contribution in [0.15, 0.2) is 11.6 Å². The van der Waals surface area contributed by atoms with Crippen molar-refractivity contribution in [3.05, 3.63) is 11.6 Å². The molecule has 0 fully saturated rings. The molecule has 8 nitrogen and oxygen atoms in total. The lowest BCUT2D eigenvalue weighted by Gasteiger charge is -2.09. The number of ether oxygens (including phenoxy) is 3. The Bertz CT molecular complexity index is 361. The minimum atomic E-state index is -0.591. The first-order valence-corrected chi connectivity index (χ1v) is 7.88. The van der Waals surface area contributed by atoms with Gasteiger partial charge in [-0.25, -0.2) is 9.59 Å². The Morgan fingerprint density at radius 2 is 1.35 bits per heavy atom. The van der Waals surface area contributed by atoms with E-state index in [1.54, 1.807) is 0 Å². The third-order valence-corrected chi connectivity index (χ3v) is 2.74. The van der Waals surface area contributed by atoms with Gasteiger partial charge in [0.05, 0.1) is 19.8 Å². The van der Waals surface area contributed by atoms with Crippen LogP contribution in [0.25, 0.3) is 0 Å². The predicted octanol–water partition coefficient (Wildman–Crippen LogP) is -0.548. The summed E-state index contributed by atoms with van der Waals surface area (Å²) in [5.74, 6) is -1.15. The Labute approximate surface area is 137 Å². The molecule has 0 aliphatic carbocycles. The van der Waals surface area contributed by atoms with Gasteiger partial charge in [-0.3, -0.25) is 0 Å². The van der Waals surface area contributed by atoms with E-state index in [2.05, 4.69) is 0 Å². The number of carbonyl (C=O) groups excluding carboxylic acids is 2. The van der Waals surface area contributed by atoms with Gasteiger partial charge < -0.3 is 31.4 Å². The fraction of sp³-hybridized carbons (Fsp3) is 0.733. The first-order chi connectivity index (χ1) is 11.2. The summed E-state index contributed by atoms with van der Waals surface area (Å²) in [6.07, 6.45) is 3.28. The number of rotatable bonds is 14. The summed E-state index contributed by atoms with van der Waals surface area (Å²) in [5.41, 5.74) is 16.2. The van der Waals surface area contributed by atoms with Gasteiger partial charge >= 0.3 is 11.9 Å². The molecule has 8 heteroatoms. The van der Waals surface area contributed by atoms with Crippen molar-refractivity contribution in [1.29, 1.82) is 0 Å². The Morgan fingerprint density at radius 1 is 0.783 bits per heavy atom. The van der Waals surface area contributed by atoms with Crippen molar-refractivity contribution in [1.82, 2.24) is 0 Å². The third kappa shape index (κ3) is 12.7. The van der Waals surface area contributed by atoms with Gasteiger partial charge in [0, 0.05) is 24.7 Å². The van der Waals surface area contributed by atoms with Gasteiger partial charge in [0.15, 0.2) is 0 Å². The van der Waals surface area contributed by atoms with E-state index in [9.17, 15) is 9.59 Å². The molecule has 0 saturated heterocycles. The van der Waals surface area contributed by atoms with Crippen molar-refractivity contribution in [3.63, 3.8) is 0 Å². The van der Waals surface area contributed by atoms with Gasteiger partial charge in [0.1, 0.15) is 0 Å². The SMILES string of the molecule is NCCCOCC/C(=C\C(=O)OCCCN)C(=O)OCCCN. The summed E-state index contributed by atoms with van der Waals surface area (Å²) < 4.78 is 15.4. The van der Waals surface area contributed by atoms with Crippen LogP contribution in [-0.4, -0.2) is 58.0 Å². The lowest BCUT2D eigenvalue weighted by atomic mass is 10.2. The van der Waals surface area contributed by atoms with Crippen molar-refractivity contribution in [2.45, 2.75) is 25.7 Å². The van der Waals surface area contributed by atoms with E-state index in [-0.39, 0.29) is 25.2 Å². The molecule has 0 radical (unpaired) electrons. The second kappa shape index (κ2) is 15.4. The van der Waals surface area contributed by atoms with Crippen LogP contribution in [-0.2, 0) is 23.8 Å². The number of hydrogen-bond acceptors (Lipinski definition) is 8. The summed E-state index contributed by atoms with van der Waals surface area (Å²) in [7, 11) is 0. The van der Waals surface area contributed by atoms with Gasteiger partial charge in [-0.1, -0.05) is 0 Å². The highest BCUT2D eigenvalue weighted by Gasteiger charge is 2.14. The molecule has 0 bridgehead atoms. The van der Waals surface area contributed by atoms with Crippen LogP contribution in [0.4, 0.5) is 0 Å². The largest absolute Gasteiger partial charge is 0.462 e. The van der Waals surface area contributed by atoms with Gasteiger partial charge in [-0.15, -0.1) is 0 Å². The van der Waals surface area contributed by atoms with Gasteiger partial charge in [-0.05, 0) is 38.9 Å². The fourth-order valence-electron chi connectivity index (χ4n) is 1.48. The number of hydrogen-bond donors (Lipinski definition) is 3. The molecule has 0 saturated carbocycles. The van der Waals surface area contributed by atoms with Crippen LogP contribution in [0, 0.1) is 0 Å². The van der Waals surface area contributed by atoms with E-state index >= 15 is 0 Å². The lowest BCUT2D eigenvalue weighted by Crippen LogP contribution is -2.16. The second-order valence-electron chi connectivity index (χ2n) is 4.76. The van der Waals surface area contributed by atoms with Gasteiger partial charge in [-0.2, -0.15) is 0 Å². The summed E-state index contributed by atoms with van der Waals surface area (Å²) in [5, 5.41) is 0. The first kappa shape index (κ1) is 21.5. The zero-order valence-corrected chi connectivity index (χ0v) is 13.6. The molecule has 0 spiro atoms. The van der Waals surface area contributed by atoms with Crippen LogP contribution in [0.5, 0.6) is 0 Å². The second-order valence-corrected chi connectivity index (χ2v) is 4.76. The number of carbonyl (C=O) groups is 2. The zero-order chi connectivity index (χ0) is 17.3. The molecule has 0 aromatic carbocycles. The quantitative estimate of drug-likeness (QED) is 0.219.